The van der Waals surface area contributed by atoms with Crippen molar-refractivity contribution >= 4 is 19.2 Å². The Labute approximate surface area is 307 Å². The van der Waals surface area contributed by atoms with Crippen molar-refractivity contribution in [2.24, 2.45) is 11.8 Å². The van der Waals surface area contributed by atoms with E-state index in [4.69, 9.17) is 14.2 Å². The monoisotopic (exact) mass is 712 g/mol. The SMILES string of the molecule is CCCCC/C(=C/[C@H](O)[C@H]1[C@H](O)CC2(OCC(c3ccccc3)(c3ccccc3)CO2)[C@@H]1CCCCCCC(=O)OC)[Si](C)(C)c1ccccc1. The van der Waals surface area contributed by atoms with E-state index >= 15 is 0 Å². The second-order valence-electron chi connectivity index (χ2n) is 15.3. The van der Waals surface area contributed by atoms with Gasteiger partial charge >= 0.3 is 5.97 Å². The van der Waals surface area contributed by atoms with Crippen molar-refractivity contribution in [2.75, 3.05) is 20.3 Å². The zero-order valence-electron chi connectivity index (χ0n) is 31.3. The Hall–Kier alpha value is -3.07. The Kier molecular flexibility index (Phi) is 13.9. The predicted molar refractivity (Wildman–Crippen MR) is 207 cm³/mol. The van der Waals surface area contributed by atoms with E-state index in [0.717, 1.165) is 68.9 Å². The molecule has 3 aromatic carbocycles. The molecule has 2 aliphatic rings. The number of aliphatic hydroxyl groups is 2. The van der Waals surface area contributed by atoms with Crippen molar-refractivity contribution in [3.05, 3.63) is 113 Å². The molecule has 1 spiro atoms. The lowest BCUT2D eigenvalue weighted by Gasteiger charge is -2.48. The second-order valence-corrected chi connectivity index (χ2v) is 19.8. The first-order chi connectivity index (χ1) is 24.7. The largest absolute Gasteiger partial charge is 0.469 e. The van der Waals surface area contributed by atoms with Crippen LogP contribution < -0.4 is 5.19 Å². The highest BCUT2D eigenvalue weighted by atomic mass is 28.3. The molecule has 4 atom stereocenters. The van der Waals surface area contributed by atoms with Crippen LogP contribution in [0, 0.1) is 11.8 Å². The topological polar surface area (TPSA) is 85.2 Å². The normalized spacial score (nSPS) is 22.2. The molecule has 7 heteroatoms. The van der Waals surface area contributed by atoms with Gasteiger partial charge in [-0.2, -0.15) is 0 Å². The van der Waals surface area contributed by atoms with Gasteiger partial charge in [0.2, 0.25) is 0 Å². The number of benzene rings is 3. The Morgan fingerprint density at radius 3 is 1.96 bits per heavy atom. The Morgan fingerprint density at radius 1 is 0.843 bits per heavy atom. The van der Waals surface area contributed by atoms with Gasteiger partial charge in [0.05, 0.1) is 37.9 Å². The maximum absolute atomic E-state index is 12.3. The van der Waals surface area contributed by atoms with Crippen molar-refractivity contribution in [1.29, 1.82) is 0 Å². The highest BCUT2D eigenvalue weighted by Crippen LogP contribution is 2.52. The maximum Gasteiger partial charge on any atom is 0.305 e. The number of hydrogen-bond acceptors (Lipinski definition) is 6. The predicted octanol–water partition coefficient (Wildman–Crippen LogP) is 8.25. The van der Waals surface area contributed by atoms with E-state index in [-0.39, 0.29) is 11.9 Å². The molecule has 0 unspecified atom stereocenters. The van der Waals surface area contributed by atoms with Crippen molar-refractivity contribution in [1.82, 2.24) is 0 Å². The number of hydrogen-bond donors (Lipinski definition) is 2. The minimum absolute atomic E-state index is 0.177. The number of carbonyl (C=O) groups excluding carboxylic acids is 1. The van der Waals surface area contributed by atoms with Crippen molar-refractivity contribution < 1.29 is 29.2 Å². The summed E-state index contributed by atoms with van der Waals surface area (Å²) in [7, 11) is -0.662. The highest BCUT2D eigenvalue weighted by molar-refractivity contribution is 6.95. The number of methoxy groups -OCH3 is 1. The molecule has 3 aromatic rings. The van der Waals surface area contributed by atoms with Crippen LogP contribution in [-0.4, -0.2) is 62.6 Å². The molecule has 0 aromatic heterocycles. The first-order valence-corrected chi connectivity index (χ1v) is 22.3. The molecule has 0 bridgehead atoms. The number of carbonyl (C=O) groups is 1. The molecule has 2 fully saturated rings. The van der Waals surface area contributed by atoms with Crippen LogP contribution in [0.4, 0.5) is 0 Å². The van der Waals surface area contributed by atoms with Gasteiger partial charge in [-0.25, -0.2) is 0 Å². The molecule has 1 saturated heterocycles. The third-order valence-corrected chi connectivity index (χ3v) is 15.5. The standard InChI is InChI=1S/C44H60O6Si/c1-5-6-12-27-37(51(3,4)36-25-17-11-18-26-36)30-39(45)42-38(28-19-7-8-20-29-41(47)48-2)44(31-40(42)46)49-32-43(33-50-44,34-21-13-9-14-22-34)35-23-15-10-16-24-35/h9-11,13-18,21-26,30,38-40,42,45-46H,5-8,12,19-20,27-29,31-33H2,1-4H3/b37-30-/t38-,39+,40-,42+/m1/s1. The lowest BCUT2D eigenvalue weighted by atomic mass is 9.74. The number of esters is 1. The Morgan fingerprint density at radius 2 is 1.39 bits per heavy atom. The Bertz CT molecular complexity index is 1480. The van der Waals surface area contributed by atoms with Gasteiger partial charge in [-0.05, 0) is 36.8 Å². The summed E-state index contributed by atoms with van der Waals surface area (Å²) in [5, 5.41) is 26.8. The van der Waals surface area contributed by atoms with E-state index < -0.39 is 37.4 Å². The van der Waals surface area contributed by atoms with Gasteiger partial charge in [0.25, 0.3) is 0 Å². The van der Waals surface area contributed by atoms with Gasteiger partial charge in [0.15, 0.2) is 5.79 Å². The molecule has 6 nitrogen and oxygen atoms in total. The molecule has 5 rings (SSSR count). The molecule has 1 heterocycles. The van der Waals surface area contributed by atoms with Crippen LogP contribution in [0.3, 0.4) is 0 Å². The summed E-state index contributed by atoms with van der Waals surface area (Å²) in [6, 6.07) is 31.6. The number of aliphatic hydroxyl groups excluding tert-OH is 2. The summed E-state index contributed by atoms with van der Waals surface area (Å²) in [5.74, 6) is -1.82. The molecule has 1 aliphatic heterocycles. The molecule has 0 amide bonds. The summed E-state index contributed by atoms with van der Waals surface area (Å²) in [6.45, 7) is 7.81. The lowest BCUT2D eigenvalue weighted by Crippen LogP contribution is -2.55. The molecular weight excluding hydrogens is 653 g/mol. The second kappa shape index (κ2) is 18.1. The molecule has 1 aliphatic carbocycles. The first-order valence-electron chi connectivity index (χ1n) is 19.3. The minimum atomic E-state index is -2.09. The molecule has 1 saturated carbocycles. The van der Waals surface area contributed by atoms with E-state index in [2.05, 4.69) is 105 Å². The van der Waals surface area contributed by atoms with Gasteiger partial charge in [0.1, 0.15) is 8.07 Å². The Balaban J connectivity index is 1.44. The molecule has 276 valence electrons. The van der Waals surface area contributed by atoms with Crippen molar-refractivity contribution in [3.8, 4) is 0 Å². The maximum atomic E-state index is 12.3. The van der Waals surface area contributed by atoms with Crippen LogP contribution >= 0.6 is 0 Å². The van der Waals surface area contributed by atoms with E-state index in [0.29, 0.717) is 26.1 Å². The van der Waals surface area contributed by atoms with Gasteiger partial charge in [-0.15, -0.1) is 0 Å². The third kappa shape index (κ3) is 9.12. The van der Waals surface area contributed by atoms with Crippen molar-refractivity contribution in [2.45, 2.75) is 114 Å². The van der Waals surface area contributed by atoms with E-state index in [1.54, 1.807) is 0 Å². The van der Waals surface area contributed by atoms with Gasteiger partial charge in [0, 0.05) is 24.7 Å². The van der Waals surface area contributed by atoms with E-state index in [1.807, 2.05) is 12.1 Å². The minimum Gasteiger partial charge on any atom is -0.469 e. The van der Waals surface area contributed by atoms with Crippen LogP contribution in [0.1, 0.15) is 88.7 Å². The summed E-state index contributed by atoms with van der Waals surface area (Å²) in [5.41, 5.74) is 1.78. The quantitative estimate of drug-likeness (QED) is 0.0834. The number of rotatable bonds is 17. The smallest absolute Gasteiger partial charge is 0.305 e. The van der Waals surface area contributed by atoms with Gasteiger partial charge in [-0.3, -0.25) is 4.79 Å². The van der Waals surface area contributed by atoms with E-state index in [1.165, 1.54) is 17.5 Å². The van der Waals surface area contributed by atoms with Crippen LogP contribution in [0.2, 0.25) is 13.1 Å². The molecular formula is C44H60O6Si. The van der Waals surface area contributed by atoms with Crippen LogP contribution in [0.15, 0.2) is 102 Å². The average Bonchev–Trinajstić information content (AvgIpc) is 3.43. The van der Waals surface area contributed by atoms with Crippen molar-refractivity contribution in [3.63, 3.8) is 0 Å². The van der Waals surface area contributed by atoms with Gasteiger partial charge in [-0.1, -0.05) is 160 Å². The van der Waals surface area contributed by atoms with E-state index in [9.17, 15) is 15.0 Å². The van der Waals surface area contributed by atoms with Crippen LogP contribution in [0.25, 0.3) is 0 Å². The number of unbranched alkanes of at least 4 members (excludes halogenated alkanes) is 5. The van der Waals surface area contributed by atoms with Gasteiger partial charge < -0.3 is 24.4 Å². The molecule has 2 N–H and O–H groups in total. The molecule has 51 heavy (non-hydrogen) atoms. The summed E-state index contributed by atoms with van der Waals surface area (Å²) in [6.07, 6.45) is 9.82. The summed E-state index contributed by atoms with van der Waals surface area (Å²) < 4.78 is 18.8. The van der Waals surface area contributed by atoms with Crippen LogP contribution in [-0.2, 0) is 24.4 Å². The number of allylic oxidation sites excluding steroid dienone is 1. The molecule has 0 radical (unpaired) electrons. The summed E-state index contributed by atoms with van der Waals surface area (Å²) in [4.78, 5) is 11.7. The van der Waals surface area contributed by atoms with Crippen LogP contribution in [0.5, 0.6) is 0 Å². The highest BCUT2D eigenvalue weighted by Gasteiger charge is 2.60. The fourth-order valence-electron chi connectivity index (χ4n) is 8.55. The summed E-state index contributed by atoms with van der Waals surface area (Å²) >= 11 is 0. The fraction of sp³-hybridized carbons (Fsp3) is 0.523. The zero-order valence-corrected chi connectivity index (χ0v) is 32.3. The lowest BCUT2D eigenvalue weighted by molar-refractivity contribution is -0.306. The average molecular weight is 713 g/mol. The zero-order chi connectivity index (χ0) is 36.3. The fourth-order valence-corrected chi connectivity index (χ4v) is 11.3. The third-order valence-electron chi connectivity index (χ3n) is 11.7. The number of ether oxygens (including phenoxy) is 3. The first kappa shape index (κ1) is 39.1.